The van der Waals surface area contributed by atoms with Gasteiger partial charge in [0.15, 0.2) is 0 Å². The average molecular weight is 112 g/mol. The normalized spacial score (nSPS) is 30.0. The van der Waals surface area contributed by atoms with E-state index in [9.17, 15) is 0 Å². The lowest BCUT2D eigenvalue weighted by Gasteiger charge is -2.39. The van der Waals surface area contributed by atoms with Crippen molar-refractivity contribution in [3.05, 3.63) is 6.42 Å². The SMILES string of the molecule is CCC1[CH]CN1CC. The molecule has 1 heteroatoms. The van der Waals surface area contributed by atoms with Gasteiger partial charge >= 0.3 is 0 Å². The minimum absolute atomic E-state index is 0.806. The van der Waals surface area contributed by atoms with E-state index in [0.29, 0.717) is 0 Å². The van der Waals surface area contributed by atoms with Gasteiger partial charge in [-0.3, -0.25) is 4.90 Å². The summed E-state index contributed by atoms with van der Waals surface area (Å²) >= 11 is 0. The number of rotatable bonds is 2. The topological polar surface area (TPSA) is 3.24 Å². The first-order chi connectivity index (χ1) is 3.88. The van der Waals surface area contributed by atoms with E-state index in [2.05, 4.69) is 25.2 Å². The second-order valence-corrected chi connectivity index (χ2v) is 2.30. The molecule has 0 N–H and O–H groups in total. The van der Waals surface area contributed by atoms with Crippen molar-refractivity contribution in [3.8, 4) is 0 Å². The van der Waals surface area contributed by atoms with Crippen molar-refractivity contribution in [2.24, 2.45) is 0 Å². The second kappa shape index (κ2) is 2.49. The van der Waals surface area contributed by atoms with Gasteiger partial charge in [0.2, 0.25) is 0 Å². The molecule has 0 aromatic carbocycles. The maximum Gasteiger partial charge on any atom is 0.0137 e. The van der Waals surface area contributed by atoms with Crippen molar-refractivity contribution in [1.29, 1.82) is 0 Å². The molecule has 0 aromatic rings. The van der Waals surface area contributed by atoms with E-state index in [1.54, 1.807) is 0 Å². The Hall–Kier alpha value is -0.0400. The second-order valence-electron chi connectivity index (χ2n) is 2.30. The molecule has 0 aliphatic carbocycles. The Balaban J connectivity index is 2.16. The molecule has 1 aliphatic rings. The van der Waals surface area contributed by atoms with Crippen molar-refractivity contribution >= 4 is 0 Å². The van der Waals surface area contributed by atoms with Crippen molar-refractivity contribution in [1.82, 2.24) is 4.90 Å². The van der Waals surface area contributed by atoms with Gasteiger partial charge in [0.05, 0.1) is 0 Å². The Morgan fingerprint density at radius 2 is 2.38 bits per heavy atom. The fraction of sp³-hybridized carbons (Fsp3) is 0.857. The summed E-state index contributed by atoms with van der Waals surface area (Å²) in [4.78, 5) is 2.47. The molecule has 0 bridgehead atoms. The lowest BCUT2D eigenvalue weighted by Crippen LogP contribution is -2.47. The smallest absolute Gasteiger partial charge is 0.0137 e. The van der Waals surface area contributed by atoms with E-state index in [0.717, 1.165) is 6.04 Å². The Morgan fingerprint density at radius 1 is 1.62 bits per heavy atom. The van der Waals surface area contributed by atoms with Crippen molar-refractivity contribution in [2.45, 2.75) is 26.3 Å². The largest absolute Gasteiger partial charge is 0.300 e. The molecule has 1 atom stereocenters. The van der Waals surface area contributed by atoms with Crippen molar-refractivity contribution in [3.63, 3.8) is 0 Å². The summed E-state index contributed by atoms with van der Waals surface area (Å²) in [6.07, 6.45) is 3.66. The Morgan fingerprint density at radius 3 is 2.50 bits per heavy atom. The predicted octanol–water partition coefficient (Wildman–Crippen LogP) is 1.30. The van der Waals surface area contributed by atoms with Crippen LogP contribution in [0.1, 0.15) is 20.3 Å². The minimum Gasteiger partial charge on any atom is -0.300 e. The molecule has 47 valence electrons. The Kier molecular flexibility index (Phi) is 1.90. The van der Waals surface area contributed by atoms with E-state index >= 15 is 0 Å². The van der Waals surface area contributed by atoms with E-state index in [1.165, 1.54) is 19.5 Å². The summed E-state index contributed by atoms with van der Waals surface area (Å²) in [5.41, 5.74) is 0. The summed E-state index contributed by atoms with van der Waals surface area (Å²) in [7, 11) is 0. The van der Waals surface area contributed by atoms with Crippen LogP contribution in [0.15, 0.2) is 0 Å². The standard InChI is InChI=1S/C7H14N/c1-3-7-5-6-8(7)4-2/h5,7H,3-4,6H2,1-2H3. The van der Waals surface area contributed by atoms with Gasteiger partial charge < -0.3 is 0 Å². The van der Waals surface area contributed by atoms with Crippen LogP contribution in [-0.4, -0.2) is 24.0 Å². The molecule has 0 saturated carbocycles. The van der Waals surface area contributed by atoms with Crippen LogP contribution >= 0.6 is 0 Å². The van der Waals surface area contributed by atoms with Crippen molar-refractivity contribution < 1.29 is 0 Å². The van der Waals surface area contributed by atoms with Crippen LogP contribution in [0.25, 0.3) is 0 Å². The maximum atomic E-state index is 2.47. The molecule has 1 rings (SSSR count). The van der Waals surface area contributed by atoms with E-state index in [-0.39, 0.29) is 0 Å². The van der Waals surface area contributed by atoms with E-state index in [1.807, 2.05) is 0 Å². The van der Waals surface area contributed by atoms with Gasteiger partial charge in [-0.1, -0.05) is 13.8 Å². The molecule has 1 heterocycles. The number of hydrogen-bond acceptors (Lipinski definition) is 1. The molecular formula is C7H14N. The van der Waals surface area contributed by atoms with Crippen LogP contribution in [0, 0.1) is 6.42 Å². The van der Waals surface area contributed by atoms with Crippen LogP contribution < -0.4 is 0 Å². The first-order valence-electron chi connectivity index (χ1n) is 3.45. The molecule has 0 amide bonds. The van der Waals surface area contributed by atoms with E-state index < -0.39 is 0 Å². The third-order valence-corrected chi connectivity index (χ3v) is 1.91. The van der Waals surface area contributed by atoms with Crippen LogP contribution in [0.2, 0.25) is 0 Å². The first-order valence-corrected chi connectivity index (χ1v) is 3.45. The Bertz CT molecular complexity index is 56.8. The van der Waals surface area contributed by atoms with Gasteiger partial charge in [0.1, 0.15) is 0 Å². The van der Waals surface area contributed by atoms with Crippen LogP contribution in [0.5, 0.6) is 0 Å². The fourth-order valence-corrected chi connectivity index (χ4v) is 1.19. The highest BCUT2D eigenvalue weighted by Crippen LogP contribution is 2.17. The molecule has 1 saturated heterocycles. The number of hydrogen-bond donors (Lipinski definition) is 0. The summed E-state index contributed by atoms with van der Waals surface area (Å²) in [6.45, 7) is 6.89. The summed E-state index contributed by atoms with van der Waals surface area (Å²) in [6, 6.07) is 0.806. The third-order valence-electron chi connectivity index (χ3n) is 1.91. The van der Waals surface area contributed by atoms with Gasteiger partial charge in [0, 0.05) is 12.6 Å². The fourth-order valence-electron chi connectivity index (χ4n) is 1.19. The molecule has 0 spiro atoms. The molecule has 1 nitrogen and oxygen atoms in total. The molecule has 1 fully saturated rings. The van der Waals surface area contributed by atoms with Crippen LogP contribution in [0.4, 0.5) is 0 Å². The first kappa shape index (κ1) is 6.09. The Labute approximate surface area is 51.7 Å². The number of likely N-dealkylation sites (tertiary alicyclic amines) is 1. The average Bonchev–Trinajstić information content (AvgIpc) is 1.66. The molecule has 1 aliphatic heterocycles. The molecular weight excluding hydrogens is 98.1 g/mol. The minimum atomic E-state index is 0.806. The zero-order valence-electron chi connectivity index (χ0n) is 5.72. The highest BCUT2D eigenvalue weighted by atomic mass is 15.2. The third kappa shape index (κ3) is 0.873. The molecule has 0 aromatic heterocycles. The quantitative estimate of drug-likeness (QED) is 0.520. The van der Waals surface area contributed by atoms with E-state index in [4.69, 9.17) is 0 Å². The zero-order valence-corrected chi connectivity index (χ0v) is 5.72. The van der Waals surface area contributed by atoms with Gasteiger partial charge in [-0.05, 0) is 19.4 Å². The summed E-state index contributed by atoms with van der Waals surface area (Å²) in [5, 5.41) is 0. The highest BCUT2D eigenvalue weighted by molar-refractivity contribution is 4.96. The molecule has 8 heavy (non-hydrogen) atoms. The van der Waals surface area contributed by atoms with Crippen LogP contribution in [0.3, 0.4) is 0 Å². The van der Waals surface area contributed by atoms with Gasteiger partial charge in [-0.2, -0.15) is 0 Å². The van der Waals surface area contributed by atoms with Crippen LogP contribution in [-0.2, 0) is 0 Å². The zero-order chi connectivity index (χ0) is 5.98. The molecule has 1 radical (unpaired) electrons. The van der Waals surface area contributed by atoms with Gasteiger partial charge in [-0.25, -0.2) is 0 Å². The predicted molar refractivity (Wildman–Crippen MR) is 35.6 cm³/mol. The monoisotopic (exact) mass is 112 g/mol. The molecule has 1 unspecified atom stereocenters. The summed E-state index contributed by atoms with van der Waals surface area (Å²) in [5.74, 6) is 0. The highest BCUT2D eigenvalue weighted by Gasteiger charge is 2.23. The number of nitrogens with zero attached hydrogens (tertiary/aromatic N) is 1. The van der Waals surface area contributed by atoms with Gasteiger partial charge in [-0.15, -0.1) is 0 Å². The van der Waals surface area contributed by atoms with Gasteiger partial charge in [0.25, 0.3) is 0 Å². The van der Waals surface area contributed by atoms with Crippen molar-refractivity contribution in [2.75, 3.05) is 13.1 Å². The lowest BCUT2D eigenvalue weighted by atomic mass is 10.0. The summed E-state index contributed by atoms with van der Waals surface area (Å²) < 4.78 is 0. The maximum absolute atomic E-state index is 2.47. The lowest BCUT2D eigenvalue weighted by molar-refractivity contribution is 0.160.